The molecular weight excluding hydrogens is 224 g/mol. The van der Waals surface area contributed by atoms with E-state index < -0.39 is 18.2 Å². The van der Waals surface area contributed by atoms with E-state index in [-0.39, 0.29) is 5.75 Å². The number of carboxylic acids is 1. The largest absolute Gasteiger partial charge is 0.481 e. The Hall–Kier alpha value is -2.30. The lowest BCUT2D eigenvalue weighted by atomic mass is 10.1. The van der Waals surface area contributed by atoms with Crippen molar-refractivity contribution in [2.75, 3.05) is 6.61 Å². The van der Waals surface area contributed by atoms with Gasteiger partial charge in [0.25, 0.3) is 0 Å². The van der Waals surface area contributed by atoms with Crippen molar-refractivity contribution in [3.05, 3.63) is 40.2 Å². The van der Waals surface area contributed by atoms with Gasteiger partial charge in [0, 0.05) is 0 Å². The second-order valence-corrected chi connectivity index (χ2v) is 3.61. The number of ether oxygens (including phenoxy) is 1. The smallest absolute Gasteiger partial charge is 0.341 e. The molecule has 0 aliphatic heterocycles. The van der Waals surface area contributed by atoms with Crippen LogP contribution in [0.5, 0.6) is 5.75 Å². The molecule has 2 rings (SSSR count). The summed E-state index contributed by atoms with van der Waals surface area (Å²) in [7, 11) is 0. The number of carboxylic acid groups (broad SMARTS) is 1. The lowest BCUT2D eigenvalue weighted by Crippen LogP contribution is -2.11. The fourth-order valence-electron chi connectivity index (χ4n) is 1.51. The van der Waals surface area contributed by atoms with E-state index in [9.17, 15) is 9.59 Å². The van der Waals surface area contributed by atoms with E-state index in [0.717, 1.165) is 11.6 Å². The second-order valence-electron chi connectivity index (χ2n) is 3.61. The zero-order chi connectivity index (χ0) is 12.4. The van der Waals surface area contributed by atoms with E-state index >= 15 is 0 Å². The first kappa shape index (κ1) is 11.2. The van der Waals surface area contributed by atoms with Crippen molar-refractivity contribution in [3.63, 3.8) is 0 Å². The quantitative estimate of drug-likeness (QED) is 0.815. The van der Waals surface area contributed by atoms with Crippen LogP contribution in [0.2, 0.25) is 0 Å². The first-order chi connectivity index (χ1) is 8.06. The van der Waals surface area contributed by atoms with Gasteiger partial charge >= 0.3 is 11.6 Å². The fourth-order valence-corrected chi connectivity index (χ4v) is 1.51. The molecule has 0 saturated carbocycles. The summed E-state index contributed by atoms with van der Waals surface area (Å²) in [5, 5.41) is 9.13. The molecule has 0 amide bonds. The Bertz CT molecular complexity index is 626. The molecule has 0 bridgehead atoms. The molecule has 0 saturated heterocycles. The van der Waals surface area contributed by atoms with Crippen molar-refractivity contribution >= 4 is 16.9 Å². The Morgan fingerprint density at radius 1 is 1.41 bits per heavy atom. The number of hydrogen-bond acceptors (Lipinski definition) is 4. The van der Waals surface area contributed by atoms with Crippen molar-refractivity contribution < 1.29 is 19.1 Å². The molecule has 1 heterocycles. The van der Waals surface area contributed by atoms with Crippen LogP contribution in [-0.4, -0.2) is 17.7 Å². The maximum atomic E-state index is 11.2. The molecule has 1 aromatic carbocycles. The summed E-state index contributed by atoms with van der Waals surface area (Å²) < 4.78 is 10.0. The van der Waals surface area contributed by atoms with Crippen LogP contribution in [-0.2, 0) is 4.79 Å². The van der Waals surface area contributed by atoms with Gasteiger partial charge in [-0.3, -0.25) is 0 Å². The average Bonchev–Trinajstić information content (AvgIpc) is 2.26. The number of rotatable bonds is 3. The molecule has 0 unspecified atom stereocenters. The molecular formula is C12H10O5. The molecule has 1 N–H and O–H groups in total. The second kappa shape index (κ2) is 4.29. The highest BCUT2D eigenvalue weighted by atomic mass is 16.5. The highest BCUT2D eigenvalue weighted by Gasteiger charge is 2.08. The van der Waals surface area contributed by atoms with Crippen molar-refractivity contribution in [1.82, 2.24) is 0 Å². The summed E-state index contributed by atoms with van der Waals surface area (Å²) in [5.74, 6) is -0.874. The summed E-state index contributed by atoms with van der Waals surface area (Å²) in [6.45, 7) is 1.39. The SMILES string of the molecule is Cc1ccc2oc(=O)cc(OCC(=O)O)c2c1. The fraction of sp³-hybridized carbons (Fsp3) is 0.167. The van der Waals surface area contributed by atoms with Crippen LogP contribution in [0.1, 0.15) is 5.56 Å². The van der Waals surface area contributed by atoms with Gasteiger partial charge in [-0.15, -0.1) is 0 Å². The standard InChI is InChI=1S/C12H10O5/c1-7-2-3-9-8(4-7)10(5-12(15)17-9)16-6-11(13)14/h2-5H,6H2,1H3,(H,13,14). The third-order valence-corrected chi connectivity index (χ3v) is 2.21. The van der Waals surface area contributed by atoms with Crippen LogP contribution in [0.4, 0.5) is 0 Å². The van der Waals surface area contributed by atoms with E-state index in [4.69, 9.17) is 14.3 Å². The lowest BCUT2D eigenvalue weighted by molar-refractivity contribution is -0.139. The molecule has 17 heavy (non-hydrogen) atoms. The van der Waals surface area contributed by atoms with E-state index in [0.29, 0.717) is 11.0 Å². The highest BCUT2D eigenvalue weighted by molar-refractivity contribution is 5.84. The molecule has 0 aliphatic carbocycles. The first-order valence-corrected chi connectivity index (χ1v) is 4.95. The molecule has 0 radical (unpaired) electrons. The monoisotopic (exact) mass is 234 g/mol. The van der Waals surface area contributed by atoms with E-state index in [1.807, 2.05) is 6.92 Å². The average molecular weight is 234 g/mol. The molecule has 0 aliphatic rings. The molecule has 0 atom stereocenters. The van der Waals surface area contributed by atoms with Gasteiger partial charge in [-0.05, 0) is 19.1 Å². The lowest BCUT2D eigenvalue weighted by Gasteiger charge is -2.06. The summed E-state index contributed by atoms with van der Waals surface area (Å²) in [4.78, 5) is 21.7. The summed E-state index contributed by atoms with van der Waals surface area (Å²) in [6.07, 6.45) is 0. The number of aryl methyl sites for hydroxylation is 1. The minimum Gasteiger partial charge on any atom is -0.481 e. The molecule has 5 nitrogen and oxygen atoms in total. The van der Waals surface area contributed by atoms with E-state index in [1.54, 1.807) is 18.2 Å². The van der Waals surface area contributed by atoms with Crippen LogP contribution < -0.4 is 10.4 Å². The predicted molar refractivity (Wildman–Crippen MR) is 60.4 cm³/mol. The van der Waals surface area contributed by atoms with Crippen molar-refractivity contribution in [1.29, 1.82) is 0 Å². The Labute approximate surface area is 96.2 Å². The summed E-state index contributed by atoms with van der Waals surface area (Å²) >= 11 is 0. The molecule has 5 heteroatoms. The molecule has 88 valence electrons. The van der Waals surface area contributed by atoms with Gasteiger partial charge in [0.1, 0.15) is 11.3 Å². The number of aliphatic carboxylic acids is 1. The zero-order valence-corrected chi connectivity index (χ0v) is 9.10. The van der Waals surface area contributed by atoms with Crippen LogP contribution in [0.15, 0.2) is 33.5 Å². The van der Waals surface area contributed by atoms with E-state index in [1.165, 1.54) is 0 Å². The minimum atomic E-state index is -1.10. The molecule has 2 aromatic rings. The number of benzene rings is 1. The van der Waals surface area contributed by atoms with Crippen LogP contribution in [0.25, 0.3) is 11.0 Å². The molecule has 0 spiro atoms. The Kier molecular flexibility index (Phi) is 2.82. The van der Waals surface area contributed by atoms with Crippen LogP contribution >= 0.6 is 0 Å². The van der Waals surface area contributed by atoms with Gasteiger partial charge in [-0.25, -0.2) is 9.59 Å². The predicted octanol–water partition coefficient (Wildman–Crippen LogP) is 1.56. The van der Waals surface area contributed by atoms with Crippen molar-refractivity contribution in [2.45, 2.75) is 6.92 Å². The van der Waals surface area contributed by atoms with Crippen molar-refractivity contribution in [3.8, 4) is 5.75 Å². The van der Waals surface area contributed by atoms with Gasteiger partial charge in [0.15, 0.2) is 6.61 Å². The van der Waals surface area contributed by atoms with Crippen molar-refractivity contribution in [2.24, 2.45) is 0 Å². The van der Waals surface area contributed by atoms with Gasteiger partial charge in [0.05, 0.1) is 11.5 Å². The highest BCUT2D eigenvalue weighted by Crippen LogP contribution is 2.24. The third kappa shape index (κ3) is 2.44. The molecule has 1 aromatic heterocycles. The number of carbonyl (C=O) groups is 1. The van der Waals surface area contributed by atoms with Crippen LogP contribution in [0, 0.1) is 6.92 Å². The molecule has 0 fully saturated rings. The van der Waals surface area contributed by atoms with Gasteiger partial charge in [0.2, 0.25) is 0 Å². The number of hydrogen-bond donors (Lipinski definition) is 1. The topological polar surface area (TPSA) is 76.7 Å². The summed E-state index contributed by atoms with van der Waals surface area (Å²) in [5.41, 5.74) is 0.775. The third-order valence-electron chi connectivity index (χ3n) is 2.21. The Balaban J connectivity index is 2.55. The van der Waals surface area contributed by atoms with Crippen LogP contribution in [0.3, 0.4) is 0 Å². The maximum absolute atomic E-state index is 11.2. The normalized spacial score (nSPS) is 10.4. The van der Waals surface area contributed by atoms with Gasteiger partial charge < -0.3 is 14.3 Å². The zero-order valence-electron chi connectivity index (χ0n) is 9.10. The minimum absolute atomic E-state index is 0.224. The summed E-state index contributed by atoms with van der Waals surface area (Å²) in [6, 6.07) is 6.37. The first-order valence-electron chi connectivity index (χ1n) is 4.95. The van der Waals surface area contributed by atoms with Gasteiger partial charge in [-0.1, -0.05) is 11.6 Å². The maximum Gasteiger partial charge on any atom is 0.341 e. The van der Waals surface area contributed by atoms with Gasteiger partial charge in [-0.2, -0.15) is 0 Å². The Morgan fingerprint density at radius 2 is 2.18 bits per heavy atom. The number of fused-ring (bicyclic) bond motifs is 1. The Morgan fingerprint density at radius 3 is 2.88 bits per heavy atom. The van der Waals surface area contributed by atoms with E-state index in [2.05, 4.69) is 0 Å².